The molecular weight excluding hydrogens is 660 g/mol. The molecule has 2 aliphatic heterocycles. The second-order valence-electron chi connectivity index (χ2n) is 11.3. The fraction of sp³-hybridized carbons (Fsp3) is 0.600. The average molecular weight is 699 g/mol. The number of esters is 4. The maximum Gasteiger partial charge on any atom is 0.309 e. The lowest BCUT2D eigenvalue weighted by Crippen LogP contribution is -2.68. The van der Waals surface area contributed by atoms with E-state index >= 15 is 0 Å². The molecule has 15 nitrogen and oxygen atoms in total. The van der Waals surface area contributed by atoms with Crippen LogP contribution in [-0.4, -0.2) is 106 Å². The van der Waals surface area contributed by atoms with Crippen LogP contribution in [0.1, 0.15) is 67.8 Å². The summed E-state index contributed by atoms with van der Waals surface area (Å²) in [5.74, 6) is -4.85. The molecule has 1 aromatic heterocycles. The molecule has 5 atom stereocenters. The van der Waals surface area contributed by atoms with E-state index in [2.05, 4.69) is 5.32 Å². The Hall–Kier alpha value is -3.83. The summed E-state index contributed by atoms with van der Waals surface area (Å²) in [6, 6.07) is 0. The summed E-state index contributed by atoms with van der Waals surface area (Å²) in [7, 11) is -3.70. The predicted octanol–water partition coefficient (Wildman–Crippen LogP) is 1.16. The number of fused-ring (bicyclic) bond motifs is 1. The standard InChI is InChI=1S/C30H38N2O13S2/c1-6-41-29(38)18-11-13-32(14-12-18)28(37)24-22(43-16(3)34)21(42-15(2)33)23(44-17(4)35)27(45-24)31-26(36)25-19-9-7-8-10-20(19)30(46-25)47(5,39)40/h8,10,18,21-24,27H,6-7,9,11-14H2,1-5H3,(H,31,36). The van der Waals surface area contributed by atoms with E-state index < -0.39 is 76.1 Å². The van der Waals surface area contributed by atoms with Crippen LogP contribution in [0, 0.1) is 5.92 Å². The van der Waals surface area contributed by atoms with Crippen LogP contribution in [0.5, 0.6) is 0 Å². The first-order valence-electron chi connectivity index (χ1n) is 15.1. The number of carbonyl (C=O) groups excluding carboxylic acids is 6. The van der Waals surface area contributed by atoms with Crippen molar-refractivity contribution in [3.8, 4) is 0 Å². The molecule has 1 aliphatic carbocycles. The van der Waals surface area contributed by atoms with Gasteiger partial charge < -0.3 is 33.9 Å². The first-order chi connectivity index (χ1) is 22.1. The van der Waals surface area contributed by atoms with Crippen LogP contribution in [0.4, 0.5) is 0 Å². The van der Waals surface area contributed by atoms with Gasteiger partial charge in [-0.1, -0.05) is 12.2 Å². The molecule has 0 saturated carbocycles. The predicted molar refractivity (Wildman–Crippen MR) is 164 cm³/mol. The number of ether oxygens (including phenoxy) is 5. The minimum absolute atomic E-state index is 0.00156. The van der Waals surface area contributed by atoms with Gasteiger partial charge in [-0.3, -0.25) is 28.8 Å². The number of nitrogens with one attached hydrogen (secondary N) is 1. The quantitative estimate of drug-likeness (QED) is 0.285. The molecule has 1 aromatic rings. The fourth-order valence-electron chi connectivity index (χ4n) is 5.86. The third-order valence-electron chi connectivity index (χ3n) is 7.79. The van der Waals surface area contributed by atoms with Gasteiger partial charge in [0.15, 0.2) is 40.5 Å². The Morgan fingerprint density at radius 1 is 0.957 bits per heavy atom. The maximum atomic E-state index is 14.0. The highest BCUT2D eigenvalue weighted by molar-refractivity contribution is 7.92. The third-order valence-corrected chi connectivity index (χ3v) is 10.9. The van der Waals surface area contributed by atoms with Crippen LogP contribution in [0.2, 0.25) is 0 Å². The van der Waals surface area contributed by atoms with Gasteiger partial charge in [0.2, 0.25) is 0 Å². The Bertz CT molecular complexity index is 1560. The zero-order chi connectivity index (χ0) is 34.6. The van der Waals surface area contributed by atoms with Gasteiger partial charge in [0.05, 0.1) is 17.4 Å². The number of carbonyl (C=O) groups is 6. The molecule has 2 saturated heterocycles. The fourth-order valence-corrected chi connectivity index (χ4v) is 8.28. The zero-order valence-corrected chi connectivity index (χ0v) is 28.3. The van der Waals surface area contributed by atoms with Crippen molar-refractivity contribution in [1.29, 1.82) is 0 Å². The molecule has 17 heteroatoms. The Balaban J connectivity index is 1.70. The second-order valence-corrected chi connectivity index (χ2v) is 14.6. The number of allylic oxidation sites excluding steroid dienone is 1. The summed E-state index contributed by atoms with van der Waals surface area (Å²) >= 11 is 0.768. The van der Waals surface area contributed by atoms with E-state index in [1.54, 1.807) is 19.1 Å². The largest absolute Gasteiger partial charge is 0.466 e. The Kier molecular flexibility index (Phi) is 11.4. The molecule has 0 spiro atoms. The number of amides is 2. The van der Waals surface area contributed by atoms with E-state index in [-0.39, 0.29) is 34.8 Å². The molecule has 1 N–H and O–H groups in total. The summed E-state index contributed by atoms with van der Waals surface area (Å²) < 4.78 is 52.6. The number of nitrogens with zero attached hydrogens (tertiary/aromatic N) is 1. The van der Waals surface area contributed by atoms with Crippen molar-refractivity contribution in [3.63, 3.8) is 0 Å². The lowest BCUT2D eigenvalue weighted by Gasteiger charge is -2.45. The van der Waals surface area contributed by atoms with Crippen molar-refractivity contribution in [2.24, 2.45) is 5.92 Å². The molecule has 3 aliphatic rings. The van der Waals surface area contributed by atoms with E-state index in [1.807, 2.05) is 0 Å². The number of rotatable bonds is 9. The molecule has 4 rings (SSSR count). The Morgan fingerprint density at radius 3 is 2.13 bits per heavy atom. The zero-order valence-electron chi connectivity index (χ0n) is 26.6. The molecule has 3 heterocycles. The summed E-state index contributed by atoms with van der Waals surface area (Å²) in [6.07, 6.45) is -2.05. The second kappa shape index (κ2) is 14.9. The van der Waals surface area contributed by atoms with Crippen LogP contribution in [-0.2, 0) is 63.9 Å². The highest BCUT2D eigenvalue weighted by Gasteiger charge is 2.55. The molecule has 0 aromatic carbocycles. The van der Waals surface area contributed by atoms with Gasteiger partial charge in [0.1, 0.15) is 4.21 Å². The van der Waals surface area contributed by atoms with Crippen molar-refractivity contribution in [1.82, 2.24) is 10.2 Å². The number of hydrogen-bond donors (Lipinski definition) is 1. The van der Waals surface area contributed by atoms with Crippen molar-refractivity contribution in [2.45, 2.75) is 88.2 Å². The maximum absolute atomic E-state index is 14.0. The highest BCUT2D eigenvalue weighted by atomic mass is 32.2. The molecular formula is C30H38N2O13S2. The van der Waals surface area contributed by atoms with Gasteiger partial charge in [-0.2, -0.15) is 0 Å². The van der Waals surface area contributed by atoms with Crippen molar-refractivity contribution in [2.75, 3.05) is 26.0 Å². The molecule has 47 heavy (non-hydrogen) atoms. The molecule has 0 bridgehead atoms. The van der Waals surface area contributed by atoms with Crippen LogP contribution >= 0.6 is 11.3 Å². The smallest absolute Gasteiger partial charge is 0.309 e. The number of piperidine rings is 1. The number of sulfone groups is 1. The van der Waals surface area contributed by atoms with Crippen molar-refractivity contribution < 1.29 is 60.9 Å². The minimum atomic E-state index is -3.70. The topological polar surface area (TPSA) is 198 Å². The molecule has 2 fully saturated rings. The first-order valence-corrected chi connectivity index (χ1v) is 17.8. The molecule has 0 radical (unpaired) electrons. The Labute approximate surface area is 275 Å². The van der Waals surface area contributed by atoms with E-state index in [0.29, 0.717) is 36.8 Å². The van der Waals surface area contributed by atoms with Gasteiger partial charge in [0, 0.05) is 45.7 Å². The minimum Gasteiger partial charge on any atom is -0.466 e. The highest BCUT2D eigenvalue weighted by Crippen LogP contribution is 2.37. The van der Waals surface area contributed by atoms with Crippen LogP contribution < -0.4 is 5.32 Å². The SMILES string of the molecule is CCOC(=O)C1CCN(C(=O)C2OC(NC(=O)c3sc(S(C)(=O)=O)c4c3CCC=C4)C(OC(C)=O)C(OC(C)=O)C2OC(C)=O)CC1. The number of likely N-dealkylation sites (tertiary alicyclic amines) is 1. The lowest BCUT2D eigenvalue weighted by molar-refractivity contribution is -0.249. The molecule has 2 amide bonds. The van der Waals surface area contributed by atoms with Crippen LogP contribution in [0.15, 0.2) is 10.3 Å². The van der Waals surface area contributed by atoms with E-state index in [0.717, 1.165) is 38.4 Å². The van der Waals surface area contributed by atoms with Gasteiger partial charge in [-0.25, -0.2) is 8.42 Å². The van der Waals surface area contributed by atoms with E-state index in [1.165, 1.54) is 4.90 Å². The van der Waals surface area contributed by atoms with Crippen molar-refractivity contribution in [3.05, 3.63) is 22.1 Å². The molecule has 258 valence electrons. The van der Waals surface area contributed by atoms with Gasteiger partial charge >= 0.3 is 23.9 Å². The van der Waals surface area contributed by atoms with Crippen LogP contribution in [0.3, 0.4) is 0 Å². The average Bonchev–Trinajstić information content (AvgIpc) is 3.40. The van der Waals surface area contributed by atoms with E-state index in [9.17, 15) is 37.2 Å². The summed E-state index contributed by atoms with van der Waals surface area (Å²) in [6.45, 7) is 5.36. The lowest BCUT2D eigenvalue weighted by atomic mass is 9.93. The normalized spacial score (nSPS) is 24.4. The number of hydrogen-bond acceptors (Lipinski definition) is 14. The summed E-state index contributed by atoms with van der Waals surface area (Å²) in [5.41, 5.74) is 0.906. The number of thiophene rings is 1. The summed E-state index contributed by atoms with van der Waals surface area (Å²) in [5, 5.41) is 2.60. The van der Waals surface area contributed by atoms with Gasteiger partial charge in [-0.15, -0.1) is 11.3 Å². The third kappa shape index (κ3) is 8.37. The monoisotopic (exact) mass is 698 g/mol. The van der Waals surface area contributed by atoms with Crippen molar-refractivity contribution >= 4 is 62.9 Å². The van der Waals surface area contributed by atoms with E-state index in [4.69, 9.17) is 23.7 Å². The Morgan fingerprint density at radius 2 is 1.55 bits per heavy atom. The van der Waals surface area contributed by atoms with Gasteiger partial charge in [-0.05, 0) is 38.2 Å². The van der Waals surface area contributed by atoms with Crippen LogP contribution in [0.25, 0.3) is 6.08 Å². The van der Waals surface area contributed by atoms with Gasteiger partial charge in [0.25, 0.3) is 11.8 Å². The molecule has 5 unspecified atom stereocenters. The first kappa shape index (κ1) is 36.0. The summed E-state index contributed by atoms with van der Waals surface area (Å²) in [4.78, 5) is 78.3.